The van der Waals surface area contributed by atoms with Crippen molar-refractivity contribution in [1.82, 2.24) is 4.57 Å². The van der Waals surface area contributed by atoms with Crippen molar-refractivity contribution in [2.24, 2.45) is 0 Å². The highest BCUT2D eigenvalue weighted by Gasteiger charge is 2.03. The van der Waals surface area contributed by atoms with E-state index in [1.54, 1.807) is 0 Å². The molecule has 0 unspecified atom stereocenters. The maximum absolute atomic E-state index is 5.36. The Morgan fingerprint density at radius 2 is 2.06 bits per heavy atom. The summed E-state index contributed by atoms with van der Waals surface area (Å²) in [7, 11) is 0. The number of aromatic nitrogens is 1. The Bertz CT molecular complexity index is 459. The molecule has 0 spiro atoms. The maximum atomic E-state index is 5.36. The SMILES string of the molecule is CCOCCCn1cc(C)c2ccccc21. The first kappa shape index (κ1) is 11.2. The number of fused-ring (bicyclic) bond motifs is 1. The van der Waals surface area contributed by atoms with Crippen molar-refractivity contribution in [3.63, 3.8) is 0 Å². The molecule has 1 heterocycles. The van der Waals surface area contributed by atoms with Gasteiger partial charge in [-0.1, -0.05) is 18.2 Å². The summed E-state index contributed by atoms with van der Waals surface area (Å²) in [5.74, 6) is 0. The summed E-state index contributed by atoms with van der Waals surface area (Å²) in [6, 6.07) is 8.56. The summed E-state index contributed by atoms with van der Waals surface area (Å²) in [6.45, 7) is 6.90. The normalized spacial score (nSPS) is 11.1. The Kier molecular flexibility index (Phi) is 3.62. The second-order valence-electron chi connectivity index (χ2n) is 4.07. The van der Waals surface area contributed by atoms with Gasteiger partial charge in [0.15, 0.2) is 0 Å². The molecule has 16 heavy (non-hydrogen) atoms. The standard InChI is InChI=1S/C14H19NO/c1-3-16-10-6-9-15-11-12(2)13-7-4-5-8-14(13)15/h4-5,7-8,11H,3,6,9-10H2,1-2H3. The minimum absolute atomic E-state index is 0.811. The molecule has 0 saturated heterocycles. The van der Waals surface area contributed by atoms with Gasteiger partial charge in [-0.05, 0) is 31.9 Å². The van der Waals surface area contributed by atoms with Gasteiger partial charge in [0.1, 0.15) is 0 Å². The molecule has 0 aliphatic rings. The van der Waals surface area contributed by atoms with Gasteiger partial charge in [-0.3, -0.25) is 0 Å². The molecule has 0 saturated carbocycles. The third kappa shape index (κ3) is 2.27. The van der Waals surface area contributed by atoms with Crippen LogP contribution in [0.1, 0.15) is 18.9 Å². The third-order valence-corrected chi connectivity index (χ3v) is 2.88. The number of aryl methyl sites for hydroxylation is 2. The van der Waals surface area contributed by atoms with E-state index < -0.39 is 0 Å². The van der Waals surface area contributed by atoms with Crippen LogP contribution >= 0.6 is 0 Å². The van der Waals surface area contributed by atoms with Gasteiger partial charge in [0.25, 0.3) is 0 Å². The van der Waals surface area contributed by atoms with Crippen molar-refractivity contribution < 1.29 is 4.74 Å². The molecule has 0 aliphatic carbocycles. The highest BCUT2D eigenvalue weighted by Crippen LogP contribution is 2.20. The van der Waals surface area contributed by atoms with Crippen molar-refractivity contribution in [3.8, 4) is 0 Å². The zero-order chi connectivity index (χ0) is 11.4. The molecule has 0 bridgehead atoms. The monoisotopic (exact) mass is 217 g/mol. The lowest BCUT2D eigenvalue weighted by atomic mass is 10.2. The average Bonchev–Trinajstić information content (AvgIpc) is 2.63. The van der Waals surface area contributed by atoms with Crippen molar-refractivity contribution in [1.29, 1.82) is 0 Å². The van der Waals surface area contributed by atoms with E-state index in [1.807, 2.05) is 6.92 Å². The van der Waals surface area contributed by atoms with Crippen LogP contribution in [0.3, 0.4) is 0 Å². The molecule has 0 N–H and O–H groups in total. The van der Waals surface area contributed by atoms with E-state index in [2.05, 4.69) is 42.0 Å². The summed E-state index contributed by atoms with van der Waals surface area (Å²) in [6.07, 6.45) is 3.31. The van der Waals surface area contributed by atoms with Crippen molar-refractivity contribution in [2.75, 3.05) is 13.2 Å². The van der Waals surface area contributed by atoms with Crippen LogP contribution in [0, 0.1) is 6.92 Å². The van der Waals surface area contributed by atoms with Crippen LogP contribution in [-0.2, 0) is 11.3 Å². The van der Waals surface area contributed by atoms with E-state index in [-0.39, 0.29) is 0 Å². The van der Waals surface area contributed by atoms with E-state index in [0.29, 0.717) is 0 Å². The Morgan fingerprint density at radius 1 is 1.25 bits per heavy atom. The zero-order valence-electron chi connectivity index (χ0n) is 10.1. The Hall–Kier alpha value is -1.28. The number of benzene rings is 1. The number of para-hydroxylation sites is 1. The van der Waals surface area contributed by atoms with Crippen LogP contribution in [0.15, 0.2) is 30.5 Å². The van der Waals surface area contributed by atoms with E-state index in [0.717, 1.165) is 26.2 Å². The van der Waals surface area contributed by atoms with Gasteiger partial charge in [-0.15, -0.1) is 0 Å². The largest absolute Gasteiger partial charge is 0.382 e. The number of nitrogens with zero attached hydrogens (tertiary/aromatic N) is 1. The highest BCUT2D eigenvalue weighted by atomic mass is 16.5. The summed E-state index contributed by atoms with van der Waals surface area (Å²) >= 11 is 0. The average molecular weight is 217 g/mol. The van der Waals surface area contributed by atoms with Crippen molar-refractivity contribution in [3.05, 3.63) is 36.0 Å². The zero-order valence-corrected chi connectivity index (χ0v) is 10.1. The lowest BCUT2D eigenvalue weighted by molar-refractivity contribution is 0.142. The highest BCUT2D eigenvalue weighted by molar-refractivity contribution is 5.83. The molecule has 0 fully saturated rings. The molecule has 1 aromatic heterocycles. The van der Waals surface area contributed by atoms with E-state index in [1.165, 1.54) is 16.5 Å². The first-order valence-corrected chi connectivity index (χ1v) is 5.95. The minimum atomic E-state index is 0.811. The maximum Gasteiger partial charge on any atom is 0.0483 e. The molecule has 0 atom stereocenters. The fourth-order valence-electron chi connectivity index (χ4n) is 2.10. The molecule has 0 radical (unpaired) electrons. The smallest absolute Gasteiger partial charge is 0.0483 e. The molecule has 2 aromatic rings. The molecular weight excluding hydrogens is 198 g/mol. The van der Waals surface area contributed by atoms with Gasteiger partial charge in [0.2, 0.25) is 0 Å². The number of rotatable bonds is 5. The lowest BCUT2D eigenvalue weighted by Gasteiger charge is -2.05. The minimum Gasteiger partial charge on any atom is -0.382 e. The van der Waals surface area contributed by atoms with Crippen LogP contribution in [0.4, 0.5) is 0 Å². The summed E-state index contributed by atoms with van der Waals surface area (Å²) in [5, 5.41) is 1.36. The topological polar surface area (TPSA) is 14.2 Å². The van der Waals surface area contributed by atoms with Gasteiger partial charge in [0.05, 0.1) is 0 Å². The van der Waals surface area contributed by atoms with Gasteiger partial charge in [0, 0.05) is 36.9 Å². The van der Waals surface area contributed by atoms with Gasteiger partial charge < -0.3 is 9.30 Å². The van der Waals surface area contributed by atoms with Crippen LogP contribution in [0.5, 0.6) is 0 Å². The van der Waals surface area contributed by atoms with Gasteiger partial charge in [-0.2, -0.15) is 0 Å². The predicted octanol–water partition coefficient (Wildman–Crippen LogP) is 3.38. The first-order valence-electron chi connectivity index (χ1n) is 5.95. The van der Waals surface area contributed by atoms with Crippen molar-refractivity contribution >= 4 is 10.9 Å². The third-order valence-electron chi connectivity index (χ3n) is 2.88. The molecule has 2 rings (SSSR count). The van der Waals surface area contributed by atoms with Gasteiger partial charge in [-0.25, -0.2) is 0 Å². The molecule has 2 nitrogen and oxygen atoms in total. The Labute approximate surface area is 96.8 Å². The quantitative estimate of drug-likeness (QED) is 0.700. The summed E-state index contributed by atoms with van der Waals surface area (Å²) in [5.41, 5.74) is 2.68. The Morgan fingerprint density at radius 3 is 2.88 bits per heavy atom. The van der Waals surface area contributed by atoms with Crippen molar-refractivity contribution in [2.45, 2.75) is 26.8 Å². The molecule has 0 amide bonds. The van der Waals surface area contributed by atoms with Crippen LogP contribution in [-0.4, -0.2) is 17.8 Å². The predicted molar refractivity (Wildman–Crippen MR) is 67.8 cm³/mol. The molecule has 1 aromatic carbocycles. The molecule has 2 heteroatoms. The van der Waals surface area contributed by atoms with E-state index >= 15 is 0 Å². The fourth-order valence-corrected chi connectivity index (χ4v) is 2.10. The first-order chi connectivity index (χ1) is 7.83. The molecule has 86 valence electrons. The van der Waals surface area contributed by atoms with Gasteiger partial charge >= 0.3 is 0 Å². The second-order valence-corrected chi connectivity index (χ2v) is 4.07. The van der Waals surface area contributed by atoms with E-state index in [9.17, 15) is 0 Å². The van der Waals surface area contributed by atoms with E-state index in [4.69, 9.17) is 4.74 Å². The second kappa shape index (κ2) is 5.17. The van der Waals surface area contributed by atoms with Crippen LogP contribution in [0.25, 0.3) is 10.9 Å². The molecule has 0 aliphatic heterocycles. The summed E-state index contributed by atoms with van der Waals surface area (Å²) in [4.78, 5) is 0. The number of ether oxygens (including phenoxy) is 1. The number of hydrogen-bond donors (Lipinski definition) is 0. The summed E-state index contributed by atoms with van der Waals surface area (Å²) < 4.78 is 7.68. The number of hydrogen-bond acceptors (Lipinski definition) is 1. The van der Waals surface area contributed by atoms with Crippen LogP contribution in [0.2, 0.25) is 0 Å². The van der Waals surface area contributed by atoms with Crippen LogP contribution < -0.4 is 0 Å². The Balaban J connectivity index is 2.12. The molecular formula is C14H19NO. The fraction of sp³-hybridized carbons (Fsp3) is 0.429. The lowest BCUT2D eigenvalue weighted by Crippen LogP contribution is -2.01.